The first kappa shape index (κ1) is 18.3. The van der Waals surface area contributed by atoms with Crippen LogP contribution in [0.1, 0.15) is 39.5 Å². The van der Waals surface area contributed by atoms with Crippen molar-refractivity contribution in [2.24, 2.45) is 0 Å². The number of piperazine rings is 1. The minimum atomic E-state index is -0.344. The summed E-state index contributed by atoms with van der Waals surface area (Å²) in [5.41, 5.74) is 0. The highest BCUT2D eigenvalue weighted by molar-refractivity contribution is 5.96. The average molecular weight is 313 g/mol. The molecule has 22 heavy (non-hydrogen) atoms. The van der Waals surface area contributed by atoms with Gasteiger partial charge in [0, 0.05) is 32.7 Å². The summed E-state index contributed by atoms with van der Waals surface area (Å²) in [5, 5.41) is 2.76. The third-order valence-corrected chi connectivity index (χ3v) is 3.57. The Hall–Kier alpha value is -1.79. The van der Waals surface area contributed by atoms with Crippen LogP contribution in [-0.4, -0.2) is 67.0 Å². The number of hydrogen-bond acceptors (Lipinski definition) is 4. The van der Waals surface area contributed by atoms with Gasteiger partial charge in [-0.3, -0.25) is 9.59 Å². The van der Waals surface area contributed by atoms with Gasteiger partial charge in [-0.1, -0.05) is 19.8 Å². The fourth-order valence-electron chi connectivity index (χ4n) is 2.27. The summed E-state index contributed by atoms with van der Waals surface area (Å²) < 4.78 is 4.93. The molecule has 3 amide bonds. The van der Waals surface area contributed by atoms with Gasteiger partial charge in [0.05, 0.1) is 6.61 Å². The van der Waals surface area contributed by atoms with Gasteiger partial charge < -0.3 is 19.9 Å². The molecule has 0 aromatic rings. The van der Waals surface area contributed by atoms with Gasteiger partial charge in [0.15, 0.2) is 0 Å². The van der Waals surface area contributed by atoms with Gasteiger partial charge in [0.25, 0.3) is 0 Å². The molecule has 1 saturated heterocycles. The van der Waals surface area contributed by atoms with E-state index in [4.69, 9.17) is 4.74 Å². The largest absolute Gasteiger partial charge is 0.450 e. The molecule has 7 heteroatoms. The van der Waals surface area contributed by atoms with Crippen LogP contribution in [0.3, 0.4) is 0 Å². The molecule has 0 aromatic carbocycles. The van der Waals surface area contributed by atoms with Crippen molar-refractivity contribution < 1.29 is 19.1 Å². The van der Waals surface area contributed by atoms with Crippen LogP contribution in [0.15, 0.2) is 0 Å². The second-order valence-electron chi connectivity index (χ2n) is 5.30. The van der Waals surface area contributed by atoms with Crippen LogP contribution in [0.4, 0.5) is 4.79 Å². The maximum absolute atomic E-state index is 12.0. The van der Waals surface area contributed by atoms with E-state index in [0.717, 1.165) is 19.3 Å². The first-order valence-corrected chi connectivity index (χ1v) is 8.04. The van der Waals surface area contributed by atoms with E-state index in [1.165, 1.54) is 0 Å². The zero-order chi connectivity index (χ0) is 16.4. The van der Waals surface area contributed by atoms with Crippen molar-refractivity contribution in [3.63, 3.8) is 0 Å². The van der Waals surface area contributed by atoms with E-state index in [0.29, 0.717) is 39.3 Å². The van der Waals surface area contributed by atoms with Crippen molar-refractivity contribution in [1.29, 1.82) is 0 Å². The molecule has 1 N–H and O–H groups in total. The predicted molar refractivity (Wildman–Crippen MR) is 82.3 cm³/mol. The third-order valence-electron chi connectivity index (χ3n) is 3.57. The van der Waals surface area contributed by atoms with Crippen LogP contribution in [0.25, 0.3) is 0 Å². The Morgan fingerprint density at radius 1 is 1.00 bits per heavy atom. The van der Waals surface area contributed by atoms with Crippen molar-refractivity contribution in [3.05, 3.63) is 0 Å². The number of amides is 3. The molecule has 0 bridgehead atoms. The zero-order valence-corrected chi connectivity index (χ0v) is 13.6. The summed E-state index contributed by atoms with van der Waals surface area (Å²) in [6.45, 7) is 6.61. The number of ether oxygens (including phenoxy) is 1. The lowest BCUT2D eigenvalue weighted by Gasteiger charge is -2.34. The van der Waals surface area contributed by atoms with Crippen LogP contribution in [0, 0.1) is 0 Å². The quantitative estimate of drug-likeness (QED) is 0.561. The van der Waals surface area contributed by atoms with Crippen molar-refractivity contribution in [2.75, 3.05) is 39.3 Å². The summed E-state index contributed by atoms with van der Waals surface area (Å²) in [6, 6.07) is 0. The smallest absolute Gasteiger partial charge is 0.409 e. The number of nitrogens with one attached hydrogen (secondary N) is 1. The van der Waals surface area contributed by atoms with E-state index in [9.17, 15) is 14.4 Å². The Morgan fingerprint density at radius 2 is 1.64 bits per heavy atom. The molecule has 1 heterocycles. The number of carbonyl (C=O) groups excluding carboxylic acids is 3. The topological polar surface area (TPSA) is 79.0 Å². The predicted octanol–water partition coefficient (Wildman–Crippen LogP) is 0.984. The summed E-state index contributed by atoms with van der Waals surface area (Å²) in [4.78, 5) is 38.5. The number of unbranched alkanes of at least 4 members (excludes halogenated alkanes) is 2. The second-order valence-corrected chi connectivity index (χ2v) is 5.30. The van der Waals surface area contributed by atoms with Crippen molar-refractivity contribution in [1.82, 2.24) is 15.1 Å². The lowest BCUT2D eigenvalue weighted by molar-refractivity contribution is -0.137. The van der Waals surface area contributed by atoms with E-state index in [2.05, 4.69) is 12.2 Å². The van der Waals surface area contributed by atoms with Crippen LogP contribution in [0.5, 0.6) is 0 Å². The standard InChI is InChI=1S/C15H27N3O4/c1-3-5-6-7-16-13(19)12-14(20)17-8-10-18(11-9-17)15(21)22-4-2/h3-12H2,1-2H3,(H,16,19). The molecule has 0 aliphatic carbocycles. The summed E-state index contributed by atoms with van der Waals surface area (Å²) in [5.74, 6) is -0.412. The first-order valence-electron chi connectivity index (χ1n) is 8.04. The molecule has 126 valence electrons. The molecule has 1 fully saturated rings. The van der Waals surface area contributed by atoms with Gasteiger partial charge in [-0.15, -0.1) is 0 Å². The number of hydrogen-bond donors (Lipinski definition) is 1. The number of nitrogens with zero attached hydrogens (tertiary/aromatic N) is 2. The molecule has 0 aromatic heterocycles. The van der Waals surface area contributed by atoms with E-state index in [-0.39, 0.29) is 24.3 Å². The molecule has 1 aliphatic rings. The Morgan fingerprint density at radius 3 is 2.23 bits per heavy atom. The number of carbonyl (C=O) groups is 3. The normalized spacial score (nSPS) is 14.6. The average Bonchev–Trinajstić information content (AvgIpc) is 2.52. The molecule has 7 nitrogen and oxygen atoms in total. The maximum atomic E-state index is 12.0. The Balaban J connectivity index is 2.24. The molecule has 1 rings (SSSR count). The summed E-state index contributed by atoms with van der Waals surface area (Å²) in [6.07, 6.45) is 2.65. The zero-order valence-electron chi connectivity index (χ0n) is 13.6. The minimum absolute atomic E-state index is 0.120. The second kappa shape index (κ2) is 10.0. The fourth-order valence-corrected chi connectivity index (χ4v) is 2.27. The van der Waals surface area contributed by atoms with Crippen LogP contribution >= 0.6 is 0 Å². The molecule has 0 radical (unpaired) electrons. The van der Waals surface area contributed by atoms with Crippen molar-refractivity contribution >= 4 is 17.9 Å². The van der Waals surface area contributed by atoms with E-state index in [1.807, 2.05) is 0 Å². The lowest BCUT2D eigenvalue weighted by Crippen LogP contribution is -2.51. The van der Waals surface area contributed by atoms with Gasteiger partial charge in [0.1, 0.15) is 6.42 Å². The summed E-state index contributed by atoms with van der Waals surface area (Å²) >= 11 is 0. The van der Waals surface area contributed by atoms with Crippen molar-refractivity contribution in [3.8, 4) is 0 Å². The van der Waals surface area contributed by atoms with Gasteiger partial charge in [-0.2, -0.15) is 0 Å². The molecule has 1 aliphatic heterocycles. The van der Waals surface area contributed by atoms with Crippen LogP contribution < -0.4 is 5.32 Å². The third kappa shape index (κ3) is 6.32. The lowest BCUT2D eigenvalue weighted by atomic mass is 10.2. The van der Waals surface area contributed by atoms with E-state index < -0.39 is 0 Å². The highest BCUT2D eigenvalue weighted by atomic mass is 16.6. The highest BCUT2D eigenvalue weighted by Crippen LogP contribution is 2.05. The molecular formula is C15H27N3O4. The Bertz CT molecular complexity index is 379. The Kier molecular flexibility index (Phi) is 8.32. The molecule has 0 saturated carbocycles. The maximum Gasteiger partial charge on any atom is 0.409 e. The summed E-state index contributed by atoms with van der Waals surface area (Å²) in [7, 11) is 0. The molecule has 0 unspecified atom stereocenters. The van der Waals surface area contributed by atoms with Gasteiger partial charge in [-0.25, -0.2) is 4.79 Å². The fraction of sp³-hybridized carbons (Fsp3) is 0.800. The van der Waals surface area contributed by atoms with E-state index >= 15 is 0 Å². The van der Waals surface area contributed by atoms with Gasteiger partial charge in [-0.05, 0) is 13.3 Å². The van der Waals surface area contributed by atoms with E-state index in [1.54, 1.807) is 16.7 Å². The monoisotopic (exact) mass is 313 g/mol. The Labute approximate surface area is 132 Å². The SMILES string of the molecule is CCCCCNC(=O)CC(=O)N1CCN(C(=O)OCC)CC1. The van der Waals surface area contributed by atoms with Gasteiger partial charge >= 0.3 is 6.09 Å². The molecule has 0 atom stereocenters. The molecule has 0 spiro atoms. The van der Waals surface area contributed by atoms with Crippen LogP contribution in [-0.2, 0) is 14.3 Å². The highest BCUT2D eigenvalue weighted by Gasteiger charge is 2.25. The van der Waals surface area contributed by atoms with Crippen LogP contribution in [0.2, 0.25) is 0 Å². The van der Waals surface area contributed by atoms with Gasteiger partial charge in [0.2, 0.25) is 11.8 Å². The molecular weight excluding hydrogens is 286 g/mol. The van der Waals surface area contributed by atoms with Crippen molar-refractivity contribution in [2.45, 2.75) is 39.5 Å². The number of rotatable bonds is 7. The first-order chi connectivity index (χ1) is 10.6. The minimum Gasteiger partial charge on any atom is -0.450 e.